The summed E-state index contributed by atoms with van der Waals surface area (Å²) in [5, 5.41) is 2.97. The number of piperidine rings is 1. The summed E-state index contributed by atoms with van der Waals surface area (Å²) in [4.78, 5) is 29.0. The first-order valence-electron chi connectivity index (χ1n) is 12.3. The second-order valence-electron chi connectivity index (χ2n) is 9.37. The van der Waals surface area contributed by atoms with E-state index in [-0.39, 0.29) is 5.91 Å². The van der Waals surface area contributed by atoms with Crippen molar-refractivity contribution in [1.29, 1.82) is 0 Å². The van der Waals surface area contributed by atoms with Gasteiger partial charge in [-0.3, -0.25) is 9.69 Å². The van der Waals surface area contributed by atoms with Crippen molar-refractivity contribution < 1.29 is 9.53 Å². The smallest absolute Gasteiger partial charge is 0.255 e. The second-order valence-corrected chi connectivity index (χ2v) is 11.4. The van der Waals surface area contributed by atoms with Gasteiger partial charge in [-0.25, -0.2) is 9.97 Å². The molecule has 3 aliphatic rings. The molecule has 2 aliphatic heterocycles. The molecule has 8 heteroatoms. The summed E-state index contributed by atoms with van der Waals surface area (Å²) >= 11 is 3.52. The van der Waals surface area contributed by atoms with E-state index >= 15 is 0 Å². The van der Waals surface area contributed by atoms with Crippen LogP contribution in [-0.4, -0.2) is 77.4 Å². The monoisotopic (exact) mass is 486 g/mol. The number of hydrogen-bond donors (Lipinski definition) is 0. The number of aryl methyl sites for hydroxylation is 2. The highest BCUT2D eigenvalue weighted by Gasteiger charge is 2.30. The van der Waals surface area contributed by atoms with Crippen LogP contribution in [-0.2, 0) is 17.6 Å². The van der Waals surface area contributed by atoms with Gasteiger partial charge in [0.15, 0.2) is 5.16 Å². The molecular formula is C25H34N4O2S2. The van der Waals surface area contributed by atoms with Gasteiger partial charge in [-0.2, -0.15) is 0 Å². The van der Waals surface area contributed by atoms with E-state index in [2.05, 4.69) is 27.1 Å². The van der Waals surface area contributed by atoms with Crippen LogP contribution in [0.4, 0.5) is 0 Å². The van der Waals surface area contributed by atoms with Crippen molar-refractivity contribution in [2.45, 2.75) is 56.5 Å². The summed E-state index contributed by atoms with van der Waals surface area (Å²) in [6, 6.07) is 0. The normalized spacial score (nSPS) is 21.7. The number of carbonyl (C=O) groups is 1. The highest BCUT2D eigenvalue weighted by molar-refractivity contribution is 7.99. The Hall–Kier alpha value is -1.48. The molecule has 0 spiro atoms. The molecule has 1 amide bonds. The number of likely N-dealkylation sites (tertiary alicyclic amines) is 1. The van der Waals surface area contributed by atoms with Crippen molar-refractivity contribution in [3.63, 3.8) is 0 Å². The Bertz CT molecular complexity index is 973. The van der Waals surface area contributed by atoms with Crippen LogP contribution >= 0.6 is 23.1 Å². The maximum Gasteiger partial charge on any atom is 0.255 e. The first-order chi connectivity index (χ1) is 16.2. The first-order valence-corrected chi connectivity index (χ1v) is 14.2. The maximum atomic E-state index is 13.4. The lowest BCUT2D eigenvalue weighted by Gasteiger charge is -2.33. The van der Waals surface area contributed by atoms with Gasteiger partial charge in [0.2, 0.25) is 0 Å². The summed E-state index contributed by atoms with van der Waals surface area (Å²) in [5.74, 6) is 1.51. The molecule has 2 aromatic heterocycles. The lowest BCUT2D eigenvalue weighted by molar-refractivity contribution is 0.0410. The molecule has 178 valence electrons. The molecule has 0 aromatic carbocycles. The molecule has 5 rings (SSSR count). The molecule has 2 saturated heterocycles. The van der Waals surface area contributed by atoms with Crippen molar-refractivity contribution in [2.24, 2.45) is 0 Å². The van der Waals surface area contributed by atoms with Gasteiger partial charge in [0, 0.05) is 60.8 Å². The van der Waals surface area contributed by atoms with E-state index in [0.29, 0.717) is 5.92 Å². The molecule has 0 N–H and O–H groups in total. The largest absolute Gasteiger partial charge is 0.379 e. The van der Waals surface area contributed by atoms with E-state index in [1.54, 1.807) is 23.1 Å². The quantitative estimate of drug-likeness (QED) is 0.451. The maximum absolute atomic E-state index is 13.4. The molecule has 1 atom stereocenters. The van der Waals surface area contributed by atoms with Crippen molar-refractivity contribution in [1.82, 2.24) is 19.8 Å². The van der Waals surface area contributed by atoms with Crippen LogP contribution in [0.15, 0.2) is 16.7 Å². The number of nitrogens with zero attached hydrogens (tertiary/aromatic N) is 4. The number of aromatic nitrogens is 2. The second kappa shape index (κ2) is 10.8. The number of rotatable bonds is 6. The first kappa shape index (κ1) is 23.3. The summed E-state index contributed by atoms with van der Waals surface area (Å²) < 4.78 is 5.44. The number of ether oxygens (including phenoxy) is 1. The molecule has 1 unspecified atom stereocenters. The fraction of sp³-hybridized carbons (Fsp3) is 0.640. The van der Waals surface area contributed by atoms with Crippen LogP contribution in [0.25, 0.3) is 0 Å². The average Bonchev–Trinajstić information content (AvgIpc) is 3.29. The van der Waals surface area contributed by atoms with Crippen molar-refractivity contribution in [2.75, 3.05) is 51.7 Å². The standard InChI is InChI=1S/C25H34N4O2S2/c1-18-15-26-25(32-14-11-28-9-12-31-13-10-28)27-23(18)19-5-4-8-29(16-19)24(30)21-17-33-22-7-3-2-6-20(21)22/h15,17,19H,2-14,16H2,1H3. The topological polar surface area (TPSA) is 58.6 Å². The average molecular weight is 487 g/mol. The highest BCUT2D eigenvalue weighted by Crippen LogP contribution is 2.34. The summed E-state index contributed by atoms with van der Waals surface area (Å²) in [7, 11) is 0. The van der Waals surface area contributed by atoms with Crippen LogP contribution < -0.4 is 0 Å². The number of amides is 1. The minimum atomic E-state index is 0.228. The molecule has 33 heavy (non-hydrogen) atoms. The Morgan fingerprint density at radius 3 is 2.94 bits per heavy atom. The van der Waals surface area contributed by atoms with Gasteiger partial charge >= 0.3 is 0 Å². The molecule has 2 fully saturated rings. The van der Waals surface area contributed by atoms with E-state index in [1.807, 2.05) is 6.20 Å². The fourth-order valence-corrected chi connectivity index (χ4v) is 7.18. The van der Waals surface area contributed by atoms with Crippen molar-refractivity contribution >= 4 is 29.0 Å². The third-order valence-corrected chi connectivity index (χ3v) is 9.05. The minimum Gasteiger partial charge on any atom is -0.379 e. The van der Waals surface area contributed by atoms with Crippen molar-refractivity contribution in [3.8, 4) is 0 Å². The zero-order valence-corrected chi connectivity index (χ0v) is 21.2. The predicted molar refractivity (Wildman–Crippen MR) is 134 cm³/mol. The highest BCUT2D eigenvalue weighted by atomic mass is 32.2. The third-order valence-electron chi connectivity index (χ3n) is 7.12. The Morgan fingerprint density at radius 1 is 1.21 bits per heavy atom. The predicted octanol–water partition coefficient (Wildman–Crippen LogP) is 4.17. The van der Waals surface area contributed by atoms with Crippen LogP contribution in [0.3, 0.4) is 0 Å². The number of fused-ring (bicyclic) bond motifs is 1. The molecular weight excluding hydrogens is 452 g/mol. The number of carbonyl (C=O) groups excluding carboxylic acids is 1. The fourth-order valence-electron chi connectivity index (χ4n) is 5.24. The van der Waals surface area contributed by atoms with Gasteiger partial charge in [-0.1, -0.05) is 11.8 Å². The number of thiophene rings is 1. The van der Waals surface area contributed by atoms with E-state index in [9.17, 15) is 4.79 Å². The van der Waals surface area contributed by atoms with Crippen LogP contribution in [0.1, 0.15) is 63.7 Å². The van der Waals surface area contributed by atoms with Crippen LogP contribution in [0.2, 0.25) is 0 Å². The summed E-state index contributed by atoms with van der Waals surface area (Å²) in [6.45, 7) is 8.46. The molecule has 2 aromatic rings. The number of morpholine rings is 1. The summed E-state index contributed by atoms with van der Waals surface area (Å²) in [6.07, 6.45) is 8.75. The van der Waals surface area contributed by atoms with E-state index < -0.39 is 0 Å². The van der Waals surface area contributed by atoms with Gasteiger partial charge < -0.3 is 9.64 Å². The van der Waals surface area contributed by atoms with Crippen molar-refractivity contribution in [3.05, 3.63) is 38.8 Å². The van der Waals surface area contributed by atoms with Gasteiger partial charge in [-0.05, 0) is 56.6 Å². The third kappa shape index (κ3) is 5.45. The van der Waals surface area contributed by atoms with E-state index in [1.165, 1.54) is 23.3 Å². The molecule has 6 nitrogen and oxygen atoms in total. The SMILES string of the molecule is Cc1cnc(SCCN2CCOCC2)nc1C1CCCN(C(=O)c2csc3c2CCCC3)C1. The molecule has 1 aliphatic carbocycles. The van der Waals surface area contributed by atoms with Gasteiger partial charge in [-0.15, -0.1) is 11.3 Å². The van der Waals surface area contributed by atoms with E-state index in [0.717, 1.165) is 99.4 Å². The van der Waals surface area contributed by atoms with Gasteiger partial charge in [0.1, 0.15) is 0 Å². The molecule has 0 radical (unpaired) electrons. The molecule has 0 bridgehead atoms. The van der Waals surface area contributed by atoms with Gasteiger partial charge in [0.25, 0.3) is 5.91 Å². The van der Waals surface area contributed by atoms with Crippen LogP contribution in [0.5, 0.6) is 0 Å². The summed E-state index contributed by atoms with van der Waals surface area (Å²) in [5.41, 5.74) is 4.56. The zero-order valence-electron chi connectivity index (χ0n) is 19.6. The Morgan fingerprint density at radius 2 is 2.06 bits per heavy atom. The van der Waals surface area contributed by atoms with Gasteiger partial charge in [0.05, 0.1) is 24.5 Å². The minimum absolute atomic E-state index is 0.228. The Balaban J connectivity index is 1.23. The lowest BCUT2D eigenvalue weighted by atomic mass is 9.91. The zero-order chi connectivity index (χ0) is 22.6. The van der Waals surface area contributed by atoms with E-state index in [4.69, 9.17) is 9.72 Å². The lowest BCUT2D eigenvalue weighted by Crippen LogP contribution is -2.39. The molecule has 4 heterocycles. The number of hydrogen-bond acceptors (Lipinski definition) is 7. The number of thioether (sulfide) groups is 1. The Kier molecular flexibility index (Phi) is 7.65. The molecule has 0 saturated carbocycles. The van der Waals surface area contributed by atoms with Crippen LogP contribution in [0, 0.1) is 6.92 Å². The Labute approximate surface area is 205 Å².